The Hall–Kier alpha value is 0.540. The van der Waals surface area contributed by atoms with E-state index in [0.29, 0.717) is 6.61 Å². The van der Waals surface area contributed by atoms with Gasteiger partial charge in [-0.3, -0.25) is 0 Å². The quantitative estimate of drug-likeness (QED) is 0.490. The highest BCUT2D eigenvalue weighted by molar-refractivity contribution is 6.40. The summed E-state index contributed by atoms with van der Waals surface area (Å²) in [6, 6.07) is 0. The first kappa shape index (κ1) is 17.0. The van der Waals surface area contributed by atoms with E-state index in [0.717, 1.165) is 6.42 Å². The average molecular weight is 243 g/mol. The summed E-state index contributed by atoms with van der Waals surface area (Å²) in [4.78, 5) is 0. The van der Waals surface area contributed by atoms with E-state index in [1.54, 1.807) is 0 Å². The maximum absolute atomic E-state index is 8.51. The molecule has 0 unspecified atom stereocenters. The van der Waals surface area contributed by atoms with Gasteiger partial charge in [0.25, 0.3) is 0 Å². The number of unbranched alkanes of at least 4 members (excludes halogenated alkanes) is 7. The Bertz CT molecular complexity index is 71.7. The zero-order chi connectivity index (χ0) is 11.1. The SMILES string of the molecule is CCCCCCCCCCO.ClCCl. The highest BCUT2D eigenvalue weighted by Crippen LogP contribution is 2.07. The third-order valence-corrected chi connectivity index (χ3v) is 2.01. The summed E-state index contributed by atoms with van der Waals surface area (Å²) >= 11 is 9.53. The van der Waals surface area contributed by atoms with Crippen molar-refractivity contribution in [3.8, 4) is 0 Å². The van der Waals surface area contributed by atoms with Crippen molar-refractivity contribution in [1.82, 2.24) is 0 Å². The van der Waals surface area contributed by atoms with Gasteiger partial charge in [-0.2, -0.15) is 0 Å². The summed E-state index contributed by atoms with van der Waals surface area (Å²) in [5, 5.41) is 8.70. The van der Waals surface area contributed by atoms with E-state index < -0.39 is 0 Å². The first-order chi connectivity index (χ1) is 6.83. The molecule has 14 heavy (non-hydrogen) atoms. The van der Waals surface area contributed by atoms with E-state index in [-0.39, 0.29) is 5.34 Å². The van der Waals surface area contributed by atoms with Crippen LogP contribution in [0.1, 0.15) is 58.3 Å². The second-order valence-electron chi connectivity index (χ2n) is 3.30. The highest BCUT2D eigenvalue weighted by Gasteiger charge is 1.89. The molecular weight excluding hydrogens is 219 g/mol. The molecule has 0 aliphatic rings. The minimum Gasteiger partial charge on any atom is -0.396 e. The molecule has 0 aromatic carbocycles. The third-order valence-electron chi connectivity index (χ3n) is 2.01. The van der Waals surface area contributed by atoms with E-state index in [1.807, 2.05) is 0 Å². The van der Waals surface area contributed by atoms with Crippen molar-refractivity contribution in [2.24, 2.45) is 0 Å². The fourth-order valence-electron chi connectivity index (χ4n) is 1.25. The molecule has 88 valence electrons. The molecule has 0 aromatic rings. The Kier molecular flexibility index (Phi) is 23.2. The molecule has 1 nitrogen and oxygen atoms in total. The van der Waals surface area contributed by atoms with Crippen LogP contribution in [-0.4, -0.2) is 17.1 Å². The number of hydrogen-bond acceptors (Lipinski definition) is 1. The van der Waals surface area contributed by atoms with Gasteiger partial charge in [0.1, 0.15) is 0 Å². The predicted molar refractivity (Wildman–Crippen MR) is 66.3 cm³/mol. The molecule has 0 amide bonds. The molecule has 0 aliphatic carbocycles. The van der Waals surface area contributed by atoms with Crippen LogP contribution in [0.25, 0.3) is 0 Å². The smallest absolute Gasteiger partial charge is 0.0967 e. The van der Waals surface area contributed by atoms with Gasteiger partial charge in [0, 0.05) is 6.61 Å². The second kappa shape index (κ2) is 19.2. The van der Waals surface area contributed by atoms with Gasteiger partial charge in [0.2, 0.25) is 0 Å². The number of aliphatic hydroxyl groups is 1. The van der Waals surface area contributed by atoms with Crippen LogP contribution in [0.3, 0.4) is 0 Å². The van der Waals surface area contributed by atoms with Crippen LogP contribution < -0.4 is 0 Å². The standard InChI is InChI=1S/C10H22O.CH2Cl2/c1-2-3-4-5-6-7-8-9-10-11;2-1-3/h11H,2-10H2,1H3;1H2. The summed E-state index contributed by atoms with van der Waals surface area (Å²) in [6.45, 7) is 2.61. The second-order valence-corrected chi connectivity index (χ2v) is 4.11. The van der Waals surface area contributed by atoms with Crippen LogP contribution >= 0.6 is 23.2 Å². The lowest BCUT2D eigenvalue weighted by Crippen LogP contribution is -1.83. The van der Waals surface area contributed by atoms with Crippen molar-refractivity contribution in [2.45, 2.75) is 58.3 Å². The molecule has 0 spiro atoms. The topological polar surface area (TPSA) is 20.2 Å². The van der Waals surface area contributed by atoms with Gasteiger partial charge in [-0.1, -0.05) is 51.9 Å². The van der Waals surface area contributed by atoms with Crippen LogP contribution in [0, 0.1) is 0 Å². The lowest BCUT2D eigenvalue weighted by atomic mass is 10.1. The van der Waals surface area contributed by atoms with Crippen LogP contribution in [-0.2, 0) is 0 Å². The highest BCUT2D eigenvalue weighted by atomic mass is 35.5. The molecule has 0 atom stereocenters. The minimum absolute atomic E-state index is 0.194. The number of aliphatic hydroxyl groups excluding tert-OH is 1. The molecule has 0 rings (SSSR count). The molecule has 0 aliphatic heterocycles. The van der Waals surface area contributed by atoms with Crippen LogP contribution in [0.2, 0.25) is 0 Å². The van der Waals surface area contributed by atoms with Gasteiger partial charge in [0.15, 0.2) is 0 Å². The number of hydrogen-bond donors (Lipinski definition) is 1. The largest absolute Gasteiger partial charge is 0.396 e. The lowest BCUT2D eigenvalue weighted by molar-refractivity contribution is 0.282. The van der Waals surface area contributed by atoms with Gasteiger partial charge in [-0.05, 0) is 6.42 Å². The molecule has 0 saturated heterocycles. The fourth-order valence-corrected chi connectivity index (χ4v) is 1.25. The monoisotopic (exact) mass is 242 g/mol. The lowest BCUT2D eigenvalue weighted by Gasteiger charge is -1.98. The first-order valence-electron chi connectivity index (χ1n) is 5.56. The van der Waals surface area contributed by atoms with E-state index in [4.69, 9.17) is 28.3 Å². The Balaban J connectivity index is 0. The van der Waals surface area contributed by atoms with E-state index >= 15 is 0 Å². The number of halogens is 2. The summed E-state index contributed by atoms with van der Waals surface area (Å²) in [5.74, 6) is 0. The molecule has 0 heterocycles. The van der Waals surface area contributed by atoms with Gasteiger partial charge in [-0.15, -0.1) is 23.2 Å². The zero-order valence-electron chi connectivity index (χ0n) is 9.27. The molecule has 0 fully saturated rings. The van der Waals surface area contributed by atoms with Crippen LogP contribution in [0.15, 0.2) is 0 Å². The van der Waals surface area contributed by atoms with Crippen molar-refractivity contribution in [1.29, 1.82) is 0 Å². The molecule has 0 bridgehead atoms. The maximum atomic E-state index is 8.51. The van der Waals surface area contributed by atoms with Crippen molar-refractivity contribution in [3.05, 3.63) is 0 Å². The van der Waals surface area contributed by atoms with Gasteiger partial charge < -0.3 is 5.11 Å². The average Bonchev–Trinajstić information content (AvgIpc) is 2.18. The molecule has 1 N–H and O–H groups in total. The summed E-state index contributed by atoms with van der Waals surface area (Å²) in [7, 11) is 0. The van der Waals surface area contributed by atoms with Gasteiger partial charge in [0.05, 0.1) is 5.34 Å². The van der Waals surface area contributed by atoms with Crippen molar-refractivity contribution >= 4 is 23.2 Å². The Morgan fingerprint density at radius 2 is 1.14 bits per heavy atom. The summed E-state index contributed by atoms with van der Waals surface area (Å²) in [6.07, 6.45) is 10.4. The molecular formula is C11H24Cl2O. The van der Waals surface area contributed by atoms with Crippen molar-refractivity contribution in [2.75, 3.05) is 11.9 Å². The zero-order valence-corrected chi connectivity index (χ0v) is 10.8. The van der Waals surface area contributed by atoms with Gasteiger partial charge >= 0.3 is 0 Å². The first-order valence-corrected chi connectivity index (χ1v) is 6.63. The predicted octanol–water partition coefficient (Wildman–Crippen LogP) is 4.54. The maximum Gasteiger partial charge on any atom is 0.0967 e. The Morgan fingerprint density at radius 3 is 1.50 bits per heavy atom. The normalized spacial score (nSPS) is 9.43. The molecule has 3 heteroatoms. The van der Waals surface area contributed by atoms with Crippen LogP contribution in [0.5, 0.6) is 0 Å². The fraction of sp³-hybridized carbons (Fsp3) is 1.00. The number of rotatable bonds is 8. The summed E-state index contributed by atoms with van der Waals surface area (Å²) < 4.78 is 0. The van der Waals surface area contributed by atoms with Gasteiger partial charge in [-0.25, -0.2) is 0 Å². The summed E-state index contributed by atoms with van der Waals surface area (Å²) in [5.41, 5.74) is 0. The molecule has 0 radical (unpaired) electrons. The van der Waals surface area contributed by atoms with Crippen molar-refractivity contribution in [3.63, 3.8) is 0 Å². The van der Waals surface area contributed by atoms with Crippen LogP contribution in [0.4, 0.5) is 0 Å². The number of alkyl halides is 2. The van der Waals surface area contributed by atoms with E-state index in [2.05, 4.69) is 6.92 Å². The Morgan fingerprint density at radius 1 is 0.786 bits per heavy atom. The molecule has 0 aromatic heterocycles. The Labute approximate surface area is 98.8 Å². The van der Waals surface area contributed by atoms with Crippen molar-refractivity contribution < 1.29 is 5.11 Å². The van der Waals surface area contributed by atoms with E-state index in [1.165, 1.54) is 44.9 Å². The van der Waals surface area contributed by atoms with E-state index in [9.17, 15) is 0 Å². The molecule has 0 saturated carbocycles. The minimum atomic E-state index is 0.194. The third kappa shape index (κ3) is 22.9.